The molecule has 1 spiro atoms. The van der Waals surface area contributed by atoms with Gasteiger partial charge in [0.15, 0.2) is 5.78 Å². The number of Topliss-reactive ketones (excluding diaryl/α,β-unsaturated/α-hetero) is 1. The van der Waals surface area contributed by atoms with E-state index < -0.39 is 0 Å². The molecule has 0 aromatic heterocycles. The highest BCUT2D eigenvalue weighted by Crippen LogP contribution is 2.40. The number of methoxy groups -OCH3 is 1. The van der Waals surface area contributed by atoms with Crippen molar-refractivity contribution in [2.24, 2.45) is 5.92 Å². The zero-order valence-corrected chi connectivity index (χ0v) is 13.0. The number of hydrogen-bond acceptors (Lipinski definition) is 4. The van der Waals surface area contributed by atoms with Crippen LogP contribution in [-0.4, -0.2) is 42.7 Å². The van der Waals surface area contributed by atoms with E-state index in [0.29, 0.717) is 5.78 Å². The van der Waals surface area contributed by atoms with Gasteiger partial charge in [0.2, 0.25) is 0 Å². The van der Waals surface area contributed by atoms with Crippen LogP contribution in [-0.2, 0) is 14.3 Å². The first-order valence-electron chi connectivity index (χ1n) is 7.49. The molecule has 0 N–H and O–H groups in total. The van der Waals surface area contributed by atoms with Gasteiger partial charge in [0.05, 0.1) is 5.60 Å². The van der Waals surface area contributed by atoms with E-state index in [9.17, 15) is 4.79 Å². The Hall–Kier alpha value is -0.0600. The summed E-state index contributed by atoms with van der Waals surface area (Å²) in [7, 11) is 1.66. The average Bonchev–Trinajstić information content (AvgIpc) is 2.45. The number of ketones is 1. The third kappa shape index (κ3) is 3.73. The summed E-state index contributed by atoms with van der Waals surface area (Å²) in [6, 6.07) is 0. The highest BCUT2D eigenvalue weighted by Gasteiger charge is 2.42. The van der Waals surface area contributed by atoms with Crippen molar-refractivity contribution in [3.63, 3.8) is 0 Å². The number of ether oxygens (including phenoxy) is 2. The zero-order chi connectivity index (χ0) is 13.7. The van der Waals surface area contributed by atoms with Crippen LogP contribution in [0.15, 0.2) is 0 Å². The molecule has 0 bridgehead atoms. The van der Waals surface area contributed by atoms with Crippen molar-refractivity contribution < 1.29 is 14.3 Å². The summed E-state index contributed by atoms with van der Waals surface area (Å²) in [6.07, 6.45) is 5.63. The van der Waals surface area contributed by atoms with Gasteiger partial charge < -0.3 is 9.47 Å². The fourth-order valence-corrected chi connectivity index (χ4v) is 4.50. The predicted molar refractivity (Wildman–Crippen MR) is 78.7 cm³/mol. The lowest BCUT2D eigenvalue weighted by atomic mass is 9.78. The van der Waals surface area contributed by atoms with E-state index in [1.54, 1.807) is 7.11 Å². The smallest absolute Gasteiger partial charge is 0.164 e. The van der Waals surface area contributed by atoms with Gasteiger partial charge in [-0.3, -0.25) is 4.79 Å². The second kappa shape index (κ2) is 7.09. The van der Waals surface area contributed by atoms with Gasteiger partial charge in [-0.1, -0.05) is 13.3 Å². The molecule has 2 heterocycles. The first kappa shape index (κ1) is 15.3. The van der Waals surface area contributed by atoms with Crippen molar-refractivity contribution >= 4 is 17.5 Å². The third-order valence-corrected chi connectivity index (χ3v) is 5.44. The summed E-state index contributed by atoms with van der Waals surface area (Å²) in [5.74, 6) is 2.80. The molecule has 2 unspecified atom stereocenters. The molecule has 0 aromatic carbocycles. The molecule has 2 aliphatic rings. The van der Waals surface area contributed by atoms with E-state index in [2.05, 4.69) is 6.92 Å². The molecule has 19 heavy (non-hydrogen) atoms. The lowest BCUT2D eigenvalue weighted by Gasteiger charge is -2.43. The minimum atomic E-state index is -0.205. The van der Waals surface area contributed by atoms with Gasteiger partial charge in [0.1, 0.15) is 6.10 Å². The SMILES string of the molecule is CCCC(OC)C(=O)C1CCOC2(CCSCC2)C1. The van der Waals surface area contributed by atoms with E-state index in [1.807, 2.05) is 11.8 Å². The second-order valence-corrected chi connectivity index (χ2v) is 6.97. The fourth-order valence-electron chi connectivity index (χ4n) is 3.26. The van der Waals surface area contributed by atoms with Gasteiger partial charge in [0, 0.05) is 19.6 Å². The van der Waals surface area contributed by atoms with Crippen LogP contribution in [0.3, 0.4) is 0 Å². The van der Waals surface area contributed by atoms with Gasteiger partial charge in [-0.05, 0) is 43.6 Å². The van der Waals surface area contributed by atoms with Crippen molar-refractivity contribution in [1.82, 2.24) is 0 Å². The van der Waals surface area contributed by atoms with Crippen molar-refractivity contribution in [2.45, 2.75) is 57.2 Å². The maximum Gasteiger partial charge on any atom is 0.164 e. The Morgan fingerprint density at radius 2 is 2.21 bits per heavy atom. The zero-order valence-electron chi connectivity index (χ0n) is 12.2. The summed E-state index contributed by atoms with van der Waals surface area (Å²) in [5.41, 5.74) is -0.00562. The van der Waals surface area contributed by atoms with Gasteiger partial charge in [-0.2, -0.15) is 11.8 Å². The van der Waals surface area contributed by atoms with Gasteiger partial charge in [-0.15, -0.1) is 0 Å². The molecule has 2 saturated heterocycles. The van der Waals surface area contributed by atoms with Crippen LogP contribution in [0.2, 0.25) is 0 Å². The van der Waals surface area contributed by atoms with E-state index in [1.165, 1.54) is 11.5 Å². The van der Waals surface area contributed by atoms with Crippen molar-refractivity contribution in [3.8, 4) is 0 Å². The molecule has 2 aliphatic heterocycles. The minimum absolute atomic E-state index is 0.00562. The molecule has 4 heteroatoms. The molecule has 2 fully saturated rings. The maximum atomic E-state index is 12.6. The van der Waals surface area contributed by atoms with Crippen LogP contribution >= 0.6 is 11.8 Å². The molecule has 110 valence electrons. The standard InChI is InChI=1S/C15H26O3S/c1-3-4-13(17-2)14(16)12-5-8-18-15(11-12)6-9-19-10-7-15/h12-13H,3-11H2,1-2H3. The number of carbonyl (C=O) groups excluding carboxylic acids is 1. The first-order valence-corrected chi connectivity index (χ1v) is 8.64. The Balaban J connectivity index is 1.97. The molecular formula is C15H26O3S. The molecule has 0 radical (unpaired) electrons. The van der Waals surface area contributed by atoms with E-state index >= 15 is 0 Å². The number of hydrogen-bond donors (Lipinski definition) is 0. The van der Waals surface area contributed by atoms with Crippen LogP contribution in [0, 0.1) is 5.92 Å². The van der Waals surface area contributed by atoms with Gasteiger partial charge >= 0.3 is 0 Å². The molecule has 0 amide bonds. The molecule has 0 aromatic rings. The van der Waals surface area contributed by atoms with Gasteiger partial charge in [0.25, 0.3) is 0 Å². The lowest BCUT2D eigenvalue weighted by molar-refractivity contribution is -0.147. The van der Waals surface area contributed by atoms with Gasteiger partial charge in [-0.25, -0.2) is 0 Å². The van der Waals surface area contributed by atoms with Crippen LogP contribution in [0.5, 0.6) is 0 Å². The van der Waals surface area contributed by atoms with Crippen LogP contribution in [0.25, 0.3) is 0 Å². The van der Waals surface area contributed by atoms with Crippen molar-refractivity contribution in [2.75, 3.05) is 25.2 Å². The Morgan fingerprint density at radius 1 is 1.47 bits per heavy atom. The Labute approximate surface area is 120 Å². The third-order valence-electron chi connectivity index (χ3n) is 4.45. The van der Waals surface area contributed by atoms with Crippen molar-refractivity contribution in [1.29, 1.82) is 0 Å². The largest absolute Gasteiger partial charge is 0.375 e. The number of carbonyl (C=O) groups is 1. The molecule has 2 rings (SSSR count). The minimum Gasteiger partial charge on any atom is -0.375 e. The average molecular weight is 286 g/mol. The van der Waals surface area contributed by atoms with Crippen molar-refractivity contribution in [3.05, 3.63) is 0 Å². The van der Waals surface area contributed by atoms with E-state index in [-0.39, 0.29) is 17.6 Å². The first-order chi connectivity index (χ1) is 9.21. The summed E-state index contributed by atoms with van der Waals surface area (Å²) >= 11 is 2.00. The maximum absolute atomic E-state index is 12.6. The predicted octanol–water partition coefficient (Wildman–Crippen LogP) is 3.06. The summed E-state index contributed by atoms with van der Waals surface area (Å²) < 4.78 is 11.4. The molecule has 0 saturated carbocycles. The Morgan fingerprint density at radius 3 is 2.84 bits per heavy atom. The number of rotatable bonds is 5. The highest BCUT2D eigenvalue weighted by molar-refractivity contribution is 7.99. The molecule has 0 aliphatic carbocycles. The summed E-state index contributed by atoms with van der Waals surface area (Å²) in [4.78, 5) is 12.6. The molecule has 2 atom stereocenters. The normalized spacial score (nSPS) is 28.2. The quantitative estimate of drug-likeness (QED) is 0.778. The fraction of sp³-hybridized carbons (Fsp3) is 0.933. The summed E-state index contributed by atoms with van der Waals surface area (Å²) in [6.45, 7) is 2.84. The molecule has 3 nitrogen and oxygen atoms in total. The second-order valence-electron chi connectivity index (χ2n) is 5.75. The monoisotopic (exact) mass is 286 g/mol. The molecular weight excluding hydrogens is 260 g/mol. The number of thioether (sulfide) groups is 1. The Kier molecular flexibility index (Phi) is 5.72. The van der Waals surface area contributed by atoms with Crippen LogP contribution in [0.4, 0.5) is 0 Å². The summed E-state index contributed by atoms with van der Waals surface area (Å²) in [5, 5.41) is 0. The van der Waals surface area contributed by atoms with E-state index in [4.69, 9.17) is 9.47 Å². The Bertz CT molecular complexity index is 294. The van der Waals surface area contributed by atoms with E-state index in [0.717, 1.165) is 45.1 Å². The highest BCUT2D eigenvalue weighted by atomic mass is 32.2. The van der Waals surface area contributed by atoms with Crippen LogP contribution in [0.1, 0.15) is 45.4 Å². The van der Waals surface area contributed by atoms with Crippen LogP contribution < -0.4 is 0 Å². The lowest BCUT2D eigenvalue weighted by Crippen LogP contribution is -2.46. The topological polar surface area (TPSA) is 35.5 Å².